The predicted octanol–water partition coefficient (Wildman–Crippen LogP) is 3.66. The lowest BCUT2D eigenvalue weighted by atomic mass is 9.79. The van der Waals surface area contributed by atoms with Crippen LogP contribution < -0.4 is 5.32 Å². The first-order chi connectivity index (χ1) is 9.81. The number of hydrogen-bond acceptors (Lipinski definition) is 3. The quantitative estimate of drug-likeness (QED) is 0.745. The summed E-state index contributed by atoms with van der Waals surface area (Å²) in [5.41, 5.74) is -0.449. The van der Waals surface area contributed by atoms with Crippen LogP contribution in [0.15, 0.2) is 16.6 Å². The van der Waals surface area contributed by atoms with Crippen LogP contribution in [0.25, 0.3) is 0 Å². The van der Waals surface area contributed by atoms with Gasteiger partial charge in [0, 0.05) is 11.0 Å². The number of hydrogen-bond donors (Lipinski definition) is 3. The van der Waals surface area contributed by atoms with E-state index in [-0.39, 0.29) is 17.5 Å². The number of halogens is 3. The lowest BCUT2D eigenvalue weighted by Crippen LogP contribution is -2.41. The fourth-order valence-electron chi connectivity index (χ4n) is 2.54. The van der Waals surface area contributed by atoms with Gasteiger partial charge in [-0.05, 0) is 53.7 Å². The lowest BCUT2D eigenvalue weighted by molar-refractivity contribution is -0.144. The molecule has 1 aliphatic carbocycles. The van der Waals surface area contributed by atoms with Crippen LogP contribution in [0.4, 0.5) is 10.1 Å². The Kier molecular flexibility index (Phi) is 5.11. The second-order valence-electron chi connectivity index (χ2n) is 5.43. The highest BCUT2D eigenvalue weighted by atomic mass is 79.9. The van der Waals surface area contributed by atoms with E-state index in [4.69, 9.17) is 16.7 Å². The van der Waals surface area contributed by atoms with Gasteiger partial charge in [-0.2, -0.15) is 0 Å². The molecule has 1 fully saturated rings. The first kappa shape index (κ1) is 16.5. The van der Waals surface area contributed by atoms with E-state index in [0.29, 0.717) is 35.8 Å². The molecule has 2 rings (SSSR count). The van der Waals surface area contributed by atoms with Crippen LogP contribution in [0.2, 0.25) is 5.02 Å². The number of aliphatic hydroxyl groups is 1. The minimum Gasteiger partial charge on any atom is -0.481 e. The van der Waals surface area contributed by atoms with Gasteiger partial charge in [0.15, 0.2) is 0 Å². The van der Waals surface area contributed by atoms with E-state index in [9.17, 15) is 14.3 Å². The summed E-state index contributed by atoms with van der Waals surface area (Å²) in [6.07, 6.45) is 1.72. The van der Waals surface area contributed by atoms with Crippen LogP contribution in [0.3, 0.4) is 0 Å². The Morgan fingerprint density at radius 1 is 1.48 bits per heavy atom. The third kappa shape index (κ3) is 4.08. The van der Waals surface area contributed by atoms with E-state index in [2.05, 4.69) is 21.2 Å². The van der Waals surface area contributed by atoms with Crippen molar-refractivity contribution in [1.82, 2.24) is 0 Å². The molecule has 0 amide bonds. The van der Waals surface area contributed by atoms with E-state index in [1.165, 1.54) is 12.1 Å². The largest absolute Gasteiger partial charge is 0.481 e. The van der Waals surface area contributed by atoms with Crippen molar-refractivity contribution < 1.29 is 19.4 Å². The Bertz CT molecular complexity index is 524. The molecule has 0 heterocycles. The second-order valence-corrected chi connectivity index (χ2v) is 6.70. The van der Waals surface area contributed by atoms with Crippen molar-refractivity contribution in [1.29, 1.82) is 0 Å². The Labute approximate surface area is 135 Å². The Morgan fingerprint density at radius 2 is 2.10 bits per heavy atom. The minimum absolute atomic E-state index is 0.227. The molecule has 0 atom stereocenters. The van der Waals surface area contributed by atoms with E-state index >= 15 is 0 Å². The number of carboxylic acids is 1. The third-order valence-electron chi connectivity index (χ3n) is 3.87. The van der Waals surface area contributed by atoms with Crippen LogP contribution in [-0.4, -0.2) is 28.3 Å². The maximum Gasteiger partial charge on any atom is 0.306 e. The smallest absolute Gasteiger partial charge is 0.306 e. The van der Waals surface area contributed by atoms with Gasteiger partial charge in [0.25, 0.3) is 0 Å². The molecule has 0 aromatic heterocycles. The number of rotatable bonds is 4. The summed E-state index contributed by atoms with van der Waals surface area (Å²) >= 11 is 9.19. The van der Waals surface area contributed by atoms with Crippen molar-refractivity contribution in [3.05, 3.63) is 27.4 Å². The van der Waals surface area contributed by atoms with Gasteiger partial charge in [-0.15, -0.1) is 0 Å². The van der Waals surface area contributed by atoms with Gasteiger partial charge in [0.1, 0.15) is 5.82 Å². The fourth-order valence-corrected chi connectivity index (χ4v) is 3.50. The van der Waals surface area contributed by atoms with Crippen molar-refractivity contribution in [3.8, 4) is 0 Å². The zero-order chi connectivity index (χ0) is 15.6. The minimum atomic E-state index is -0.969. The van der Waals surface area contributed by atoms with Crippen molar-refractivity contribution >= 4 is 39.2 Å². The summed E-state index contributed by atoms with van der Waals surface area (Å²) in [5.74, 6) is -1.64. The predicted molar refractivity (Wildman–Crippen MR) is 82.1 cm³/mol. The molecule has 1 aliphatic rings. The molecule has 3 N–H and O–H groups in total. The average Bonchev–Trinajstić information content (AvgIpc) is 2.37. The standard InChI is InChI=1S/C14H16BrClFNO3/c15-10-5-9(17)6-11(16)12(10)18-7-14(21)3-1-8(2-4-14)13(19)20/h5-6,8,18,21H,1-4,7H2,(H,19,20). The van der Waals surface area contributed by atoms with E-state index in [0.717, 1.165) is 0 Å². The molecule has 0 spiro atoms. The van der Waals surface area contributed by atoms with E-state index in [1.807, 2.05) is 0 Å². The van der Waals surface area contributed by atoms with Crippen molar-refractivity contribution in [2.24, 2.45) is 5.92 Å². The van der Waals surface area contributed by atoms with Crippen LogP contribution in [0.5, 0.6) is 0 Å². The first-order valence-electron chi connectivity index (χ1n) is 6.64. The summed E-state index contributed by atoms with van der Waals surface area (Å²) in [6, 6.07) is 2.49. The van der Waals surface area contributed by atoms with Crippen LogP contribution in [0, 0.1) is 11.7 Å². The van der Waals surface area contributed by atoms with Crippen LogP contribution in [-0.2, 0) is 4.79 Å². The zero-order valence-corrected chi connectivity index (χ0v) is 13.5. The number of carboxylic acid groups (broad SMARTS) is 1. The molecule has 0 aliphatic heterocycles. The third-order valence-corrected chi connectivity index (χ3v) is 4.79. The molecule has 1 aromatic rings. The van der Waals surface area contributed by atoms with Gasteiger partial charge in [0.2, 0.25) is 0 Å². The molecular formula is C14H16BrClFNO3. The summed E-state index contributed by atoms with van der Waals surface area (Å²) in [4.78, 5) is 10.9. The lowest BCUT2D eigenvalue weighted by Gasteiger charge is -2.35. The van der Waals surface area contributed by atoms with Gasteiger partial charge >= 0.3 is 5.97 Å². The number of benzene rings is 1. The molecule has 116 valence electrons. The van der Waals surface area contributed by atoms with Crippen molar-refractivity contribution in [3.63, 3.8) is 0 Å². The van der Waals surface area contributed by atoms with Gasteiger partial charge < -0.3 is 15.5 Å². The average molecular weight is 381 g/mol. The topological polar surface area (TPSA) is 69.6 Å². The summed E-state index contributed by atoms with van der Waals surface area (Å²) in [6.45, 7) is 0.239. The van der Waals surface area contributed by atoms with E-state index in [1.54, 1.807) is 0 Å². The van der Waals surface area contributed by atoms with Gasteiger partial charge in [0.05, 0.1) is 22.2 Å². The zero-order valence-electron chi connectivity index (χ0n) is 11.2. The van der Waals surface area contributed by atoms with Gasteiger partial charge in [-0.25, -0.2) is 4.39 Å². The second kappa shape index (κ2) is 6.50. The van der Waals surface area contributed by atoms with Gasteiger partial charge in [-0.1, -0.05) is 11.6 Å². The molecule has 0 saturated heterocycles. The molecule has 1 saturated carbocycles. The molecule has 21 heavy (non-hydrogen) atoms. The molecule has 0 unspecified atom stereocenters. The number of carbonyl (C=O) groups is 1. The molecule has 1 aromatic carbocycles. The normalized spacial score (nSPS) is 25.6. The summed E-state index contributed by atoms with van der Waals surface area (Å²) in [7, 11) is 0. The molecule has 4 nitrogen and oxygen atoms in total. The Hall–Kier alpha value is -0.850. The Morgan fingerprint density at radius 3 is 2.62 bits per heavy atom. The van der Waals surface area contributed by atoms with E-state index < -0.39 is 17.4 Å². The van der Waals surface area contributed by atoms with Crippen molar-refractivity contribution in [2.45, 2.75) is 31.3 Å². The highest BCUT2D eigenvalue weighted by Crippen LogP contribution is 2.35. The molecule has 7 heteroatoms. The molecule has 0 bridgehead atoms. The van der Waals surface area contributed by atoms with Crippen LogP contribution in [0.1, 0.15) is 25.7 Å². The highest BCUT2D eigenvalue weighted by molar-refractivity contribution is 9.10. The number of nitrogens with one attached hydrogen (secondary N) is 1. The fraction of sp³-hybridized carbons (Fsp3) is 0.500. The molecular weight excluding hydrogens is 365 g/mol. The number of aliphatic carboxylic acids is 1. The monoisotopic (exact) mass is 379 g/mol. The first-order valence-corrected chi connectivity index (χ1v) is 7.81. The Balaban J connectivity index is 1.99. The summed E-state index contributed by atoms with van der Waals surface area (Å²) in [5, 5.41) is 22.7. The van der Waals surface area contributed by atoms with Gasteiger partial charge in [-0.3, -0.25) is 4.79 Å². The molecule has 0 radical (unpaired) electrons. The van der Waals surface area contributed by atoms with Crippen molar-refractivity contribution in [2.75, 3.05) is 11.9 Å². The number of anilines is 1. The maximum absolute atomic E-state index is 13.2. The maximum atomic E-state index is 13.2. The van der Waals surface area contributed by atoms with Crippen LogP contribution >= 0.6 is 27.5 Å². The summed E-state index contributed by atoms with van der Waals surface area (Å²) < 4.78 is 13.6. The SMILES string of the molecule is O=C(O)C1CCC(O)(CNc2c(Cl)cc(F)cc2Br)CC1. The highest BCUT2D eigenvalue weighted by Gasteiger charge is 2.35.